The van der Waals surface area contributed by atoms with Crippen molar-refractivity contribution in [1.29, 1.82) is 0 Å². The van der Waals surface area contributed by atoms with Gasteiger partial charge >= 0.3 is 5.97 Å². The van der Waals surface area contributed by atoms with Crippen molar-refractivity contribution in [3.63, 3.8) is 0 Å². The molecule has 216 valence electrons. The zero-order valence-corrected chi connectivity index (χ0v) is 24.4. The average molecular weight is 579 g/mol. The molecule has 1 spiro atoms. The first-order chi connectivity index (χ1) is 19.6. The van der Waals surface area contributed by atoms with Crippen molar-refractivity contribution < 1.29 is 27.9 Å². The summed E-state index contributed by atoms with van der Waals surface area (Å²) in [5, 5.41) is 10.4. The van der Waals surface area contributed by atoms with E-state index in [0.717, 1.165) is 15.8 Å². The van der Waals surface area contributed by atoms with Gasteiger partial charge in [0.1, 0.15) is 17.0 Å². The van der Waals surface area contributed by atoms with Gasteiger partial charge in [-0.1, -0.05) is 36.8 Å². The second-order valence-electron chi connectivity index (χ2n) is 10.7. The number of carboxylic acids is 1. The topological polar surface area (TPSA) is 111 Å². The number of hydrazine groups is 1. The number of hydrogen-bond acceptors (Lipinski definition) is 7. The van der Waals surface area contributed by atoms with Gasteiger partial charge in [-0.05, 0) is 31.0 Å². The molecular formula is C30H34N4O6S. The second kappa shape index (κ2) is 11.1. The summed E-state index contributed by atoms with van der Waals surface area (Å²) in [6, 6.07) is 18.7. The minimum Gasteiger partial charge on any atom is -0.481 e. The fourth-order valence-electron chi connectivity index (χ4n) is 5.73. The zero-order valence-electron chi connectivity index (χ0n) is 23.5. The highest BCUT2D eigenvalue weighted by Crippen LogP contribution is 2.58. The van der Waals surface area contributed by atoms with E-state index in [1.165, 1.54) is 5.01 Å². The number of nitrogens with zero attached hydrogens (tertiary/aromatic N) is 4. The molecule has 11 heteroatoms. The molecule has 0 bridgehead atoms. The van der Waals surface area contributed by atoms with Crippen molar-refractivity contribution in [3.8, 4) is 11.5 Å². The van der Waals surface area contributed by atoms with Gasteiger partial charge in [-0.25, -0.2) is 13.4 Å². The molecule has 10 nitrogen and oxygen atoms in total. The molecule has 0 radical (unpaired) electrons. The molecule has 5 rings (SSSR count). The Morgan fingerprint density at radius 1 is 0.854 bits per heavy atom. The lowest BCUT2D eigenvalue weighted by Crippen LogP contribution is -2.55. The standard InChI is InChI=1S/C30H34N4O6S/c1-31(2)20-13-15-24-26(18-20)40-27-19-21(32(3)4)14-16-25(27)30(24)23-11-8-7-10-22(23)29(37)34(30)33(41(38)39)17-9-5-6-12-28(35)36/h7-8,10-11,13-16,18-19,41H,5-6,9,12,17H2,1-4H3,(H,35,36). The number of thiol groups is 1. The second-order valence-corrected chi connectivity index (χ2v) is 11.6. The molecule has 1 N–H and O–H groups in total. The summed E-state index contributed by atoms with van der Waals surface area (Å²) in [6.45, 7) is 0.0247. The summed E-state index contributed by atoms with van der Waals surface area (Å²) in [5.74, 6) is -0.281. The third-order valence-electron chi connectivity index (χ3n) is 7.69. The summed E-state index contributed by atoms with van der Waals surface area (Å²) < 4.78 is 33.5. The quantitative estimate of drug-likeness (QED) is 0.274. The lowest BCUT2D eigenvalue weighted by molar-refractivity contribution is -0.137. The highest BCUT2D eigenvalue weighted by atomic mass is 32.2. The van der Waals surface area contributed by atoms with E-state index in [4.69, 9.17) is 9.84 Å². The highest BCUT2D eigenvalue weighted by Gasteiger charge is 2.59. The maximum Gasteiger partial charge on any atom is 0.303 e. The van der Waals surface area contributed by atoms with Crippen LogP contribution >= 0.6 is 0 Å². The van der Waals surface area contributed by atoms with E-state index in [1.54, 1.807) is 12.1 Å². The minimum atomic E-state index is -3.23. The summed E-state index contributed by atoms with van der Waals surface area (Å²) in [7, 11) is 4.46. The van der Waals surface area contributed by atoms with Gasteiger partial charge < -0.3 is 19.6 Å². The van der Waals surface area contributed by atoms with Crippen LogP contribution in [0, 0.1) is 0 Å². The van der Waals surface area contributed by atoms with Crippen molar-refractivity contribution in [3.05, 3.63) is 82.9 Å². The van der Waals surface area contributed by atoms with E-state index < -0.39 is 28.3 Å². The van der Waals surface area contributed by atoms with E-state index in [-0.39, 0.29) is 13.0 Å². The third-order valence-corrected chi connectivity index (χ3v) is 8.44. The molecule has 2 heterocycles. The van der Waals surface area contributed by atoms with Crippen LogP contribution in [0.1, 0.15) is 52.7 Å². The Kier molecular flexibility index (Phi) is 7.67. The van der Waals surface area contributed by atoms with Gasteiger partial charge in [0.2, 0.25) is 10.9 Å². The average Bonchev–Trinajstić information content (AvgIpc) is 3.18. The van der Waals surface area contributed by atoms with Gasteiger partial charge in [0.05, 0.1) is 0 Å². The van der Waals surface area contributed by atoms with Crippen LogP contribution in [0.25, 0.3) is 0 Å². The molecule has 0 saturated carbocycles. The number of carbonyl (C=O) groups is 2. The fourth-order valence-corrected chi connectivity index (χ4v) is 6.40. The van der Waals surface area contributed by atoms with Crippen LogP contribution in [-0.2, 0) is 21.2 Å². The van der Waals surface area contributed by atoms with Gasteiger partial charge in [-0.3, -0.25) is 9.59 Å². The number of anilines is 2. The monoisotopic (exact) mass is 578 g/mol. The fraction of sp³-hybridized carbons (Fsp3) is 0.333. The van der Waals surface area contributed by atoms with Gasteiger partial charge in [-0.15, -0.1) is 4.41 Å². The van der Waals surface area contributed by atoms with Crippen molar-refractivity contribution in [1.82, 2.24) is 9.42 Å². The maximum atomic E-state index is 14.2. The van der Waals surface area contributed by atoms with Crippen molar-refractivity contribution in [2.45, 2.75) is 31.2 Å². The van der Waals surface area contributed by atoms with E-state index in [0.29, 0.717) is 53.0 Å². The zero-order chi connectivity index (χ0) is 29.5. The van der Waals surface area contributed by atoms with Crippen molar-refractivity contribution >= 4 is 34.1 Å². The lowest BCUT2D eigenvalue weighted by Gasteiger charge is -2.46. The number of hydrogen-bond donors (Lipinski definition) is 2. The predicted octanol–water partition coefficient (Wildman–Crippen LogP) is 4.06. The van der Waals surface area contributed by atoms with Gasteiger partial charge in [0.25, 0.3) is 5.91 Å². The molecule has 2 aliphatic heterocycles. The summed E-state index contributed by atoms with van der Waals surface area (Å²) >= 11 is 0. The molecular weight excluding hydrogens is 544 g/mol. The summed E-state index contributed by atoms with van der Waals surface area (Å²) in [6.07, 6.45) is 1.31. The van der Waals surface area contributed by atoms with Crippen LogP contribution in [0.4, 0.5) is 11.4 Å². The Balaban J connectivity index is 1.75. The molecule has 2 aliphatic rings. The first-order valence-corrected chi connectivity index (χ1v) is 14.6. The molecule has 0 atom stereocenters. The van der Waals surface area contributed by atoms with E-state index in [2.05, 4.69) is 0 Å². The predicted molar refractivity (Wildman–Crippen MR) is 157 cm³/mol. The van der Waals surface area contributed by atoms with Crippen LogP contribution in [0.2, 0.25) is 0 Å². The normalized spacial score (nSPS) is 14.6. The molecule has 1 amide bonds. The van der Waals surface area contributed by atoms with E-state index in [1.807, 2.05) is 86.5 Å². The largest absolute Gasteiger partial charge is 0.481 e. The van der Waals surface area contributed by atoms with E-state index in [9.17, 15) is 18.0 Å². The number of benzene rings is 3. The SMILES string of the molecule is CN(C)c1ccc2c(c1)Oc1cc(N(C)C)ccc1C21c2ccccc2C(=O)N1N(CCCCCC(=O)O)[SH](=O)=O. The number of carbonyl (C=O) groups excluding carboxylic acids is 1. The van der Waals surface area contributed by atoms with Gasteiger partial charge in [0.15, 0.2) is 0 Å². The van der Waals surface area contributed by atoms with Crippen LogP contribution < -0.4 is 14.5 Å². The highest BCUT2D eigenvalue weighted by molar-refractivity contribution is 7.69. The number of unbranched alkanes of at least 4 members (excludes halogenated alkanes) is 2. The van der Waals surface area contributed by atoms with Gasteiger partial charge in [-0.2, -0.15) is 0 Å². The number of fused-ring (bicyclic) bond motifs is 6. The van der Waals surface area contributed by atoms with Crippen LogP contribution in [0.5, 0.6) is 11.5 Å². The maximum absolute atomic E-state index is 14.2. The van der Waals surface area contributed by atoms with Crippen LogP contribution in [0.3, 0.4) is 0 Å². The molecule has 3 aromatic rings. The minimum absolute atomic E-state index is 0.00203. The Morgan fingerprint density at radius 3 is 1.98 bits per heavy atom. The number of carboxylic acid groups (broad SMARTS) is 1. The van der Waals surface area contributed by atoms with Gasteiger partial charge in [0, 0.05) is 86.9 Å². The van der Waals surface area contributed by atoms with Crippen LogP contribution in [0.15, 0.2) is 60.7 Å². The molecule has 0 unspecified atom stereocenters. The van der Waals surface area contributed by atoms with Crippen LogP contribution in [-0.4, -0.2) is 69.6 Å². The Hall–Kier alpha value is -4.09. The number of aliphatic carboxylic acids is 1. The Labute approximate surface area is 241 Å². The Morgan fingerprint density at radius 2 is 1.44 bits per heavy atom. The number of amides is 1. The first-order valence-electron chi connectivity index (χ1n) is 13.5. The Bertz CT molecular complexity index is 1520. The molecule has 0 saturated heterocycles. The van der Waals surface area contributed by atoms with Crippen molar-refractivity contribution in [2.24, 2.45) is 0 Å². The number of ether oxygens (including phenoxy) is 1. The third kappa shape index (κ3) is 4.78. The van der Waals surface area contributed by atoms with E-state index >= 15 is 0 Å². The molecule has 0 aliphatic carbocycles. The van der Waals surface area contributed by atoms with Crippen molar-refractivity contribution in [2.75, 3.05) is 44.5 Å². The molecule has 41 heavy (non-hydrogen) atoms. The lowest BCUT2D eigenvalue weighted by atomic mass is 9.75. The first kappa shape index (κ1) is 28.4. The molecule has 3 aromatic carbocycles. The summed E-state index contributed by atoms with van der Waals surface area (Å²) in [4.78, 5) is 29.1. The smallest absolute Gasteiger partial charge is 0.303 e. The number of rotatable bonds is 10. The summed E-state index contributed by atoms with van der Waals surface area (Å²) in [5.41, 5.74) is 2.84. The molecule has 0 fully saturated rings. The molecule has 0 aromatic heterocycles.